The smallest absolute Gasteiger partial charge is 0.244 e. The summed E-state index contributed by atoms with van der Waals surface area (Å²) in [5.74, 6) is -0.119. The van der Waals surface area contributed by atoms with Crippen LogP contribution in [-0.2, 0) is 21.2 Å². The van der Waals surface area contributed by atoms with Crippen molar-refractivity contribution in [2.75, 3.05) is 13.1 Å². The van der Waals surface area contributed by atoms with Crippen molar-refractivity contribution in [3.63, 3.8) is 0 Å². The molecule has 2 aliphatic rings. The van der Waals surface area contributed by atoms with Crippen molar-refractivity contribution < 1.29 is 13.2 Å². The summed E-state index contributed by atoms with van der Waals surface area (Å²) >= 11 is 1.74. The van der Waals surface area contributed by atoms with E-state index in [2.05, 4.69) is 30.5 Å². The standard InChI is InChI=1S/C31H38N2O3S2/c1-21-18-23(3)31(24(4)19-21)38(35,36)33(25-11-6-5-7-12-25)20-29(34)32-16-14-28-27(15-17-37-28)30(32)26-13-9-8-10-22(26)2/h8-10,13,15,17-19,25,30H,5-7,11-12,14,16,20H2,1-4H3. The lowest BCUT2D eigenvalue weighted by atomic mass is 9.90. The van der Waals surface area contributed by atoms with Crippen molar-refractivity contribution in [3.8, 4) is 0 Å². The van der Waals surface area contributed by atoms with Crippen LogP contribution in [0.25, 0.3) is 0 Å². The van der Waals surface area contributed by atoms with Gasteiger partial charge in [-0.05, 0) is 86.2 Å². The van der Waals surface area contributed by atoms with Crippen LogP contribution in [0.15, 0.2) is 52.7 Å². The third kappa shape index (κ3) is 5.08. The molecule has 1 fully saturated rings. The summed E-state index contributed by atoms with van der Waals surface area (Å²) < 4.78 is 30.2. The van der Waals surface area contributed by atoms with Gasteiger partial charge in [-0.15, -0.1) is 11.3 Å². The number of sulfonamides is 1. The number of hydrogen-bond acceptors (Lipinski definition) is 4. The van der Waals surface area contributed by atoms with Crippen LogP contribution in [0, 0.1) is 27.7 Å². The van der Waals surface area contributed by atoms with Gasteiger partial charge in [0, 0.05) is 17.5 Å². The first-order chi connectivity index (χ1) is 18.2. The van der Waals surface area contributed by atoms with E-state index in [1.807, 2.05) is 49.9 Å². The Morgan fingerprint density at radius 1 is 0.947 bits per heavy atom. The summed E-state index contributed by atoms with van der Waals surface area (Å²) in [6.45, 7) is 8.27. The first kappa shape index (κ1) is 27.1. The molecule has 1 aliphatic carbocycles. The molecule has 1 atom stereocenters. The summed E-state index contributed by atoms with van der Waals surface area (Å²) in [6, 6.07) is 13.9. The van der Waals surface area contributed by atoms with Crippen molar-refractivity contribution in [2.24, 2.45) is 0 Å². The molecule has 1 unspecified atom stereocenters. The molecule has 2 aromatic carbocycles. The minimum Gasteiger partial charge on any atom is -0.330 e. The molecule has 1 amide bonds. The zero-order valence-electron chi connectivity index (χ0n) is 22.9. The highest BCUT2D eigenvalue weighted by molar-refractivity contribution is 7.89. The number of rotatable bonds is 6. The Bertz CT molecular complexity index is 1410. The zero-order chi connectivity index (χ0) is 27.0. The van der Waals surface area contributed by atoms with E-state index in [-0.39, 0.29) is 24.5 Å². The molecule has 2 heterocycles. The maximum Gasteiger partial charge on any atom is 0.244 e. The van der Waals surface area contributed by atoms with Crippen LogP contribution in [0.1, 0.15) is 76.4 Å². The number of carbonyl (C=O) groups is 1. The van der Waals surface area contributed by atoms with Crippen molar-refractivity contribution in [2.45, 2.75) is 83.2 Å². The van der Waals surface area contributed by atoms with Gasteiger partial charge in [-0.1, -0.05) is 61.2 Å². The van der Waals surface area contributed by atoms with Crippen LogP contribution < -0.4 is 0 Å². The van der Waals surface area contributed by atoms with E-state index >= 15 is 0 Å². The summed E-state index contributed by atoms with van der Waals surface area (Å²) in [7, 11) is -3.86. The predicted octanol–water partition coefficient (Wildman–Crippen LogP) is 6.48. The van der Waals surface area contributed by atoms with Crippen LogP contribution in [0.3, 0.4) is 0 Å². The van der Waals surface area contributed by atoms with Crippen molar-refractivity contribution in [1.82, 2.24) is 9.21 Å². The van der Waals surface area contributed by atoms with Crippen LogP contribution >= 0.6 is 11.3 Å². The molecule has 0 radical (unpaired) electrons. The normalized spacial score (nSPS) is 18.6. The molecule has 1 aliphatic heterocycles. The number of carbonyl (C=O) groups excluding carboxylic acids is 1. The monoisotopic (exact) mass is 550 g/mol. The van der Waals surface area contributed by atoms with Gasteiger partial charge in [0.1, 0.15) is 0 Å². The zero-order valence-corrected chi connectivity index (χ0v) is 24.5. The number of hydrogen-bond donors (Lipinski definition) is 0. The second-order valence-corrected chi connectivity index (χ2v) is 13.8. The Hall–Kier alpha value is -2.48. The lowest BCUT2D eigenvalue weighted by Crippen LogP contribution is -2.50. The first-order valence-corrected chi connectivity index (χ1v) is 16.0. The Morgan fingerprint density at radius 3 is 2.32 bits per heavy atom. The molecule has 202 valence electrons. The molecule has 5 rings (SSSR count). The highest BCUT2D eigenvalue weighted by Crippen LogP contribution is 2.39. The first-order valence-electron chi connectivity index (χ1n) is 13.7. The molecule has 5 nitrogen and oxygen atoms in total. The fourth-order valence-electron chi connectivity index (χ4n) is 6.51. The van der Waals surface area contributed by atoms with E-state index in [1.54, 1.807) is 15.6 Å². The lowest BCUT2D eigenvalue weighted by molar-refractivity contribution is -0.134. The van der Waals surface area contributed by atoms with Crippen LogP contribution in [0.4, 0.5) is 0 Å². The van der Waals surface area contributed by atoms with Gasteiger partial charge in [-0.3, -0.25) is 4.79 Å². The SMILES string of the molecule is Cc1cc(C)c(S(=O)(=O)N(CC(=O)N2CCc3sccc3C2c2ccccc2C)C2CCCCC2)c(C)c1. The molecule has 1 aromatic heterocycles. The fraction of sp³-hybridized carbons (Fsp3) is 0.452. The minimum absolute atomic E-state index is 0.119. The van der Waals surface area contributed by atoms with Gasteiger partial charge in [0.25, 0.3) is 0 Å². The van der Waals surface area contributed by atoms with Gasteiger partial charge in [0.2, 0.25) is 15.9 Å². The van der Waals surface area contributed by atoms with E-state index in [4.69, 9.17) is 0 Å². The molecule has 1 saturated carbocycles. The third-order valence-corrected chi connectivity index (χ3v) is 11.4. The maximum atomic E-state index is 14.3. The Morgan fingerprint density at radius 2 is 1.63 bits per heavy atom. The molecule has 3 aromatic rings. The van der Waals surface area contributed by atoms with E-state index in [9.17, 15) is 13.2 Å². The second kappa shape index (κ2) is 10.9. The van der Waals surface area contributed by atoms with Gasteiger partial charge < -0.3 is 4.90 Å². The van der Waals surface area contributed by atoms with Gasteiger partial charge in [0.15, 0.2) is 0 Å². The minimum atomic E-state index is -3.86. The highest BCUT2D eigenvalue weighted by Gasteiger charge is 2.39. The van der Waals surface area contributed by atoms with E-state index in [0.717, 1.165) is 66.3 Å². The van der Waals surface area contributed by atoms with Crippen molar-refractivity contribution in [3.05, 3.63) is 86.1 Å². The predicted molar refractivity (Wildman–Crippen MR) is 154 cm³/mol. The number of fused-ring (bicyclic) bond motifs is 1. The second-order valence-electron chi connectivity index (χ2n) is 11.0. The van der Waals surface area contributed by atoms with Crippen LogP contribution in [0.2, 0.25) is 0 Å². The maximum absolute atomic E-state index is 14.3. The molecule has 38 heavy (non-hydrogen) atoms. The molecule has 7 heteroatoms. The number of amides is 1. The fourth-order valence-corrected chi connectivity index (χ4v) is 9.46. The van der Waals surface area contributed by atoms with Gasteiger partial charge >= 0.3 is 0 Å². The average Bonchev–Trinajstić information content (AvgIpc) is 3.36. The van der Waals surface area contributed by atoms with E-state index < -0.39 is 10.0 Å². The van der Waals surface area contributed by atoms with E-state index in [0.29, 0.717) is 11.4 Å². The molecule has 0 N–H and O–H groups in total. The molecular weight excluding hydrogens is 512 g/mol. The Balaban J connectivity index is 1.54. The highest BCUT2D eigenvalue weighted by atomic mass is 32.2. The van der Waals surface area contributed by atoms with Crippen molar-refractivity contribution >= 4 is 27.3 Å². The average molecular weight is 551 g/mol. The lowest BCUT2D eigenvalue weighted by Gasteiger charge is -2.40. The van der Waals surface area contributed by atoms with Gasteiger partial charge in [-0.25, -0.2) is 8.42 Å². The topological polar surface area (TPSA) is 57.7 Å². The quantitative estimate of drug-likeness (QED) is 0.353. The van der Waals surface area contributed by atoms with E-state index in [1.165, 1.54) is 10.4 Å². The largest absolute Gasteiger partial charge is 0.330 e. The summed E-state index contributed by atoms with van der Waals surface area (Å²) in [5, 5.41) is 2.10. The number of nitrogens with zero attached hydrogens (tertiary/aromatic N) is 2. The summed E-state index contributed by atoms with van der Waals surface area (Å²) in [6.07, 6.45) is 5.49. The Kier molecular flexibility index (Phi) is 7.81. The number of benzene rings is 2. The summed E-state index contributed by atoms with van der Waals surface area (Å²) in [4.78, 5) is 17.8. The Labute approximate surface area is 231 Å². The van der Waals surface area contributed by atoms with Gasteiger partial charge in [0.05, 0.1) is 17.5 Å². The van der Waals surface area contributed by atoms with Crippen molar-refractivity contribution in [1.29, 1.82) is 0 Å². The summed E-state index contributed by atoms with van der Waals surface area (Å²) in [5.41, 5.74) is 5.94. The van der Waals surface area contributed by atoms with Crippen LogP contribution in [0.5, 0.6) is 0 Å². The number of aryl methyl sites for hydroxylation is 4. The molecule has 0 saturated heterocycles. The van der Waals surface area contributed by atoms with Crippen LogP contribution in [-0.4, -0.2) is 42.7 Å². The third-order valence-electron chi connectivity index (χ3n) is 8.21. The number of thiophene rings is 1. The van der Waals surface area contributed by atoms with Gasteiger partial charge in [-0.2, -0.15) is 4.31 Å². The molecular formula is C31H38N2O3S2. The molecule has 0 spiro atoms. The molecule has 0 bridgehead atoms.